The number of rotatable bonds is 6. The van der Waals surface area contributed by atoms with Gasteiger partial charge in [-0.2, -0.15) is 0 Å². The lowest BCUT2D eigenvalue weighted by molar-refractivity contribution is -0.309. The number of carbonyl (C=O) groups is 2. The summed E-state index contributed by atoms with van der Waals surface area (Å²) in [5.74, 6) is -1.80. The van der Waals surface area contributed by atoms with E-state index in [1.807, 2.05) is 43.3 Å². The molecular formula is C23H22ClNO7S. The van der Waals surface area contributed by atoms with Crippen molar-refractivity contribution in [3.8, 4) is 5.75 Å². The number of fused-ring (bicyclic) bond motifs is 1. The molecule has 3 atom stereocenters. The van der Waals surface area contributed by atoms with Gasteiger partial charge in [-0.05, 0) is 37.3 Å². The second kappa shape index (κ2) is 9.28. The van der Waals surface area contributed by atoms with E-state index >= 15 is 0 Å². The number of carbonyl (C=O) groups excluding carboxylic acids is 2. The van der Waals surface area contributed by atoms with E-state index in [0.717, 1.165) is 28.3 Å². The number of nitrogens with zero attached hydrogens (tertiary/aromatic N) is 1. The Bertz CT molecular complexity index is 1200. The number of hydrogen-bond acceptors (Lipinski definition) is 9. The molecule has 8 nitrogen and oxygen atoms in total. The van der Waals surface area contributed by atoms with Gasteiger partial charge in [0.15, 0.2) is 6.10 Å². The molecule has 2 heterocycles. The van der Waals surface area contributed by atoms with Crippen molar-refractivity contribution in [1.29, 1.82) is 0 Å². The molecular weight excluding hydrogens is 470 g/mol. The third kappa shape index (κ3) is 4.83. The molecule has 2 aromatic carbocycles. The number of hydrogen-bond donors (Lipinski definition) is 2. The number of ether oxygens (including phenoxy) is 1. The lowest BCUT2D eigenvalue weighted by Gasteiger charge is -2.27. The standard InChI is InChI=1S/C23H22ClNO7S/c1-13-6-7-16-14(10-13)4-3-5-17(16)30-18(19-11-15(24)12-33-19)8-9-23(29)20(26)21(27)31-25(2)32-22(23)28/h3-7,10-12,18,20,26,29H,8-9H2,1-2H3. The first-order valence-corrected chi connectivity index (χ1v) is 11.4. The van der Waals surface area contributed by atoms with E-state index in [-0.39, 0.29) is 12.8 Å². The highest BCUT2D eigenvalue weighted by Gasteiger charge is 2.53. The highest BCUT2D eigenvalue weighted by atomic mass is 35.5. The first-order valence-electron chi connectivity index (χ1n) is 10.2. The zero-order valence-electron chi connectivity index (χ0n) is 17.9. The van der Waals surface area contributed by atoms with Crippen LogP contribution in [0.1, 0.15) is 29.4 Å². The number of hydroxylamine groups is 2. The second-order valence-corrected chi connectivity index (χ2v) is 9.23. The maximum Gasteiger partial charge on any atom is 0.363 e. The molecule has 1 aromatic heterocycles. The third-order valence-corrected chi connectivity index (χ3v) is 6.79. The Morgan fingerprint density at radius 2 is 2.03 bits per heavy atom. The zero-order chi connectivity index (χ0) is 23.8. The second-order valence-electron chi connectivity index (χ2n) is 7.85. The Kier molecular flexibility index (Phi) is 6.60. The Balaban J connectivity index is 1.64. The van der Waals surface area contributed by atoms with E-state index in [0.29, 0.717) is 16.0 Å². The number of aliphatic hydroxyl groups is 2. The van der Waals surface area contributed by atoms with Gasteiger partial charge in [-0.3, -0.25) is 0 Å². The van der Waals surface area contributed by atoms with Gasteiger partial charge in [0, 0.05) is 20.9 Å². The maximum atomic E-state index is 12.5. The van der Waals surface area contributed by atoms with Gasteiger partial charge in [0.2, 0.25) is 5.60 Å². The summed E-state index contributed by atoms with van der Waals surface area (Å²) in [4.78, 5) is 34.6. The zero-order valence-corrected chi connectivity index (χ0v) is 19.4. The molecule has 1 aliphatic rings. The summed E-state index contributed by atoms with van der Waals surface area (Å²) in [6, 6.07) is 13.4. The van der Waals surface area contributed by atoms with Crippen LogP contribution < -0.4 is 4.74 Å². The topological polar surface area (TPSA) is 106 Å². The molecule has 0 aliphatic carbocycles. The number of halogens is 1. The SMILES string of the molecule is Cc1ccc2c(OC(CCC3(O)C(=O)ON(C)OC(=O)C3O)c3cc(Cl)cs3)cccc2c1. The van der Waals surface area contributed by atoms with Crippen molar-refractivity contribution in [1.82, 2.24) is 5.23 Å². The summed E-state index contributed by atoms with van der Waals surface area (Å²) in [5, 5.41) is 25.9. The fourth-order valence-electron chi connectivity index (χ4n) is 3.67. The van der Waals surface area contributed by atoms with Gasteiger partial charge in [0.1, 0.15) is 11.9 Å². The minimum absolute atomic E-state index is 0.0682. The highest BCUT2D eigenvalue weighted by molar-refractivity contribution is 7.10. The number of aliphatic hydroxyl groups excluding tert-OH is 1. The van der Waals surface area contributed by atoms with Gasteiger partial charge < -0.3 is 24.6 Å². The van der Waals surface area contributed by atoms with Crippen LogP contribution in [0.25, 0.3) is 10.8 Å². The van der Waals surface area contributed by atoms with Crippen LogP contribution in [0.2, 0.25) is 5.02 Å². The highest BCUT2D eigenvalue weighted by Crippen LogP contribution is 2.37. The smallest absolute Gasteiger partial charge is 0.363 e. The van der Waals surface area contributed by atoms with Crippen molar-refractivity contribution in [2.75, 3.05) is 7.05 Å². The molecule has 0 spiro atoms. The Morgan fingerprint density at radius 1 is 1.24 bits per heavy atom. The maximum absolute atomic E-state index is 12.5. The molecule has 0 bridgehead atoms. The lowest BCUT2D eigenvalue weighted by Crippen LogP contribution is -2.52. The van der Waals surface area contributed by atoms with Gasteiger partial charge in [-0.25, -0.2) is 9.59 Å². The molecule has 0 radical (unpaired) electrons. The van der Waals surface area contributed by atoms with Gasteiger partial charge in [-0.15, -0.1) is 11.3 Å². The molecule has 10 heteroatoms. The molecule has 1 saturated heterocycles. The van der Waals surface area contributed by atoms with Crippen LogP contribution in [-0.2, 0) is 19.3 Å². The Labute approximate surface area is 198 Å². The van der Waals surface area contributed by atoms with E-state index in [1.54, 1.807) is 11.4 Å². The number of benzene rings is 2. The van der Waals surface area contributed by atoms with Crippen molar-refractivity contribution < 1.29 is 34.2 Å². The quantitative estimate of drug-likeness (QED) is 0.537. The van der Waals surface area contributed by atoms with E-state index in [9.17, 15) is 19.8 Å². The van der Waals surface area contributed by atoms with Crippen LogP contribution in [0, 0.1) is 6.92 Å². The van der Waals surface area contributed by atoms with E-state index in [2.05, 4.69) is 4.84 Å². The predicted molar refractivity (Wildman–Crippen MR) is 122 cm³/mol. The largest absolute Gasteiger partial charge is 0.484 e. The number of thiophene rings is 1. The average molecular weight is 492 g/mol. The van der Waals surface area contributed by atoms with E-state index < -0.39 is 29.7 Å². The minimum atomic E-state index is -2.51. The summed E-state index contributed by atoms with van der Waals surface area (Å²) in [6.07, 6.45) is -3.02. The molecule has 0 amide bonds. The van der Waals surface area contributed by atoms with Crippen LogP contribution in [0.4, 0.5) is 0 Å². The van der Waals surface area contributed by atoms with Crippen LogP contribution >= 0.6 is 22.9 Å². The molecule has 3 aromatic rings. The van der Waals surface area contributed by atoms with Crippen molar-refractivity contribution in [3.63, 3.8) is 0 Å². The summed E-state index contributed by atoms with van der Waals surface area (Å²) in [6.45, 7) is 2.00. The molecule has 3 unspecified atom stereocenters. The van der Waals surface area contributed by atoms with Gasteiger partial charge in [0.25, 0.3) is 0 Å². The number of aryl methyl sites for hydroxylation is 1. The Morgan fingerprint density at radius 3 is 2.76 bits per heavy atom. The predicted octanol–water partition coefficient (Wildman–Crippen LogP) is 3.72. The minimum Gasteiger partial charge on any atom is -0.484 e. The van der Waals surface area contributed by atoms with Gasteiger partial charge in [0.05, 0.1) is 12.1 Å². The molecule has 4 rings (SSSR count). The summed E-state index contributed by atoms with van der Waals surface area (Å²) in [7, 11) is 1.16. The average Bonchev–Trinajstić information content (AvgIpc) is 3.18. The molecule has 1 fully saturated rings. The van der Waals surface area contributed by atoms with E-state index in [4.69, 9.17) is 21.2 Å². The molecule has 1 aliphatic heterocycles. The Hall–Kier alpha value is -2.69. The third-order valence-electron chi connectivity index (χ3n) is 5.42. The summed E-state index contributed by atoms with van der Waals surface area (Å²) >= 11 is 7.48. The lowest BCUT2D eigenvalue weighted by atomic mass is 9.89. The van der Waals surface area contributed by atoms with Gasteiger partial charge >= 0.3 is 11.9 Å². The van der Waals surface area contributed by atoms with Crippen molar-refractivity contribution >= 4 is 45.6 Å². The first-order chi connectivity index (χ1) is 15.7. The van der Waals surface area contributed by atoms with Crippen molar-refractivity contribution in [2.24, 2.45) is 0 Å². The van der Waals surface area contributed by atoms with Crippen LogP contribution in [0.3, 0.4) is 0 Å². The fourth-order valence-corrected chi connectivity index (χ4v) is 4.82. The fraction of sp³-hybridized carbons (Fsp3) is 0.304. The molecule has 2 N–H and O–H groups in total. The van der Waals surface area contributed by atoms with Crippen molar-refractivity contribution in [3.05, 3.63) is 63.3 Å². The van der Waals surface area contributed by atoms with Crippen LogP contribution in [0.5, 0.6) is 5.75 Å². The van der Waals surface area contributed by atoms with Gasteiger partial charge in [-0.1, -0.05) is 47.5 Å². The van der Waals surface area contributed by atoms with Crippen molar-refractivity contribution in [2.45, 2.75) is 37.6 Å². The van der Waals surface area contributed by atoms with Crippen LogP contribution in [-0.4, -0.2) is 46.1 Å². The summed E-state index contributed by atoms with van der Waals surface area (Å²) in [5.41, 5.74) is -1.40. The molecule has 174 valence electrons. The normalized spacial score (nSPS) is 22.5. The monoisotopic (exact) mass is 491 g/mol. The molecule has 0 saturated carbocycles. The molecule has 33 heavy (non-hydrogen) atoms. The van der Waals surface area contributed by atoms with Crippen LogP contribution in [0.15, 0.2) is 47.8 Å². The first kappa shape index (κ1) is 23.5. The van der Waals surface area contributed by atoms with E-state index in [1.165, 1.54) is 11.3 Å². The summed E-state index contributed by atoms with van der Waals surface area (Å²) < 4.78 is 6.33.